The van der Waals surface area contributed by atoms with Crippen LogP contribution >= 0.6 is 11.6 Å². The van der Waals surface area contributed by atoms with E-state index in [9.17, 15) is 9.59 Å². The molecule has 4 rings (SSSR count). The lowest BCUT2D eigenvalue weighted by atomic mass is 10.1. The molecule has 2 heterocycles. The summed E-state index contributed by atoms with van der Waals surface area (Å²) in [7, 11) is 0. The summed E-state index contributed by atoms with van der Waals surface area (Å²) >= 11 is 6.32. The van der Waals surface area contributed by atoms with E-state index < -0.39 is 6.04 Å². The van der Waals surface area contributed by atoms with Crippen LogP contribution in [0.15, 0.2) is 54.6 Å². The van der Waals surface area contributed by atoms with Crippen molar-refractivity contribution in [1.82, 2.24) is 9.88 Å². The van der Waals surface area contributed by atoms with Gasteiger partial charge in [-0.25, -0.2) is 4.98 Å². The summed E-state index contributed by atoms with van der Waals surface area (Å²) in [6.07, 6.45) is 0. The fourth-order valence-corrected chi connectivity index (χ4v) is 3.40. The van der Waals surface area contributed by atoms with Crippen molar-refractivity contribution in [2.24, 2.45) is 0 Å². The highest BCUT2D eigenvalue weighted by Crippen LogP contribution is 2.34. The maximum Gasteiger partial charge on any atom is 0.262 e. The van der Waals surface area contributed by atoms with Crippen molar-refractivity contribution in [3.05, 3.63) is 76.4 Å². The summed E-state index contributed by atoms with van der Waals surface area (Å²) in [5, 5.41) is 1.22. The fourth-order valence-electron chi connectivity index (χ4n) is 3.10. The minimum atomic E-state index is -0.498. The van der Waals surface area contributed by atoms with Crippen molar-refractivity contribution in [3.8, 4) is 0 Å². The molecule has 0 bridgehead atoms. The molecular weight excluding hydrogens is 324 g/mol. The first-order valence-electron chi connectivity index (χ1n) is 7.60. The van der Waals surface area contributed by atoms with Crippen molar-refractivity contribution >= 4 is 34.3 Å². The Balaban J connectivity index is 1.80. The van der Waals surface area contributed by atoms with E-state index in [1.807, 2.05) is 30.3 Å². The summed E-state index contributed by atoms with van der Waals surface area (Å²) in [5.74, 6) is -0.598. The molecule has 0 fully saturated rings. The molecule has 1 aromatic heterocycles. The number of nitrogens with zero attached hydrogens (tertiary/aromatic N) is 2. The summed E-state index contributed by atoms with van der Waals surface area (Å²) < 4.78 is 0. The molecule has 3 aromatic rings. The van der Waals surface area contributed by atoms with Crippen LogP contribution in [0.4, 0.5) is 0 Å². The predicted octanol–water partition coefficient (Wildman–Crippen LogP) is 4.25. The van der Waals surface area contributed by atoms with Gasteiger partial charge in [0.2, 0.25) is 0 Å². The molecule has 4 nitrogen and oxygen atoms in total. The maximum atomic E-state index is 12.6. The molecule has 0 saturated heterocycles. The van der Waals surface area contributed by atoms with Crippen molar-refractivity contribution in [2.45, 2.75) is 13.0 Å². The molecule has 0 aliphatic carbocycles. The van der Waals surface area contributed by atoms with Crippen LogP contribution in [0.1, 0.15) is 39.2 Å². The Bertz CT molecular complexity index is 965. The van der Waals surface area contributed by atoms with Crippen molar-refractivity contribution in [3.63, 3.8) is 0 Å². The van der Waals surface area contributed by atoms with E-state index in [0.29, 0.717) is 21.8 Å². The zero-order valence-corrected chi connectivity index (χ0v) is 13.6. The van der Waals surface area contributed by atoms with E-state index in [1.165, 1.54) is 4.90 Å². The van der Waals surface area contributed by atoms with Gasteiger partial charge in [0.25, 0.3) is 11.8 Å². The lowest BCUT2D eigenvalue weighted by Crippen LogP contribution is -2.32. The second-order valence-corrected chi connectivity index (χ2v) is 6.12. The van der Waals surface area contributed by atoms with Gasteiger partial charge in [0.15, 0.2) is 0 Å². The third-order valence-corrected chi connectivity index (χ3v) is 4.67. The SMILES string of the molecule is C[C@@H](c1cc2ccccc2nc1Cl)N1C(=O)c2ccccc2C1=O. The molecular formula is C19H13ClN2O2. The van der Waals surface area contributed by atoms with Gasteiger partial charge in [0.1, 0.15) is 5.15 Å². The molecule has 24 heavy (non-hydrogen) atoms. The first kappa shape index (κ1) is 14.8. The Kier molecular flexibility index (Phi) is 3.36. The highest BCUT2D eigenvalue weighted by atomic mass is 35.5. The number of aromatic nitrogens is 1. The zero-order valence-electron chi connectivity index (χ0n) is 12.9. The summed E-state index contributed by atoms with van der Waals surface area (Å²) in [4.78, 5) is 30.9. The third-order valence-electron chi connectivity index (χ3n) is 4.37. The molecule has 0 N–H and O–H groups in total. The Morgan fingerprint density at radius 2 is 1.54 bits per heavy atom. The van der Waals surface area contributed by atoms with Crippen LogP contribution in [0.5, 0.6) is 0 Å². The number of hydrogen-bond donors (Lipinski definition) is 0. The standard InChI is InChI=1S/C19H13ClN2O2/c1-11(15-10-12-6-2-5-9-16(12)21-17(15)20)22-18(23)13-7-3-4-8-14(13)19(22)24/h2-11H,1H3/t11-/m0/s1. The number of pyridine rings is 1. The number of carbonyl (C=O) groups is 2. The molecule has 5 heteroatoms. The number of amides is 2. The lowest BCUT2D eigenvalue weighted by Gasteiger charge is -2.23. The number of hydrogen-bond acceptors (Lipinski definition) is 3. The summed E-state index contributed by atoms with van der Waals surface area (Å²) in [6.45, 7) is 1.79. The molecule has 2 amide bonds. The summed E-state index contributed by atoms with van der Waals surface area (Å²) in [6, 6.07) is 15.8. The van der Waals surface area contributed by atoms with E-state index >= 15 is 0 Å². The molecule has 1 aliphatic heterocycles. The van der Waals surface area contributed by atoms with Crippen molar-refractivity contribution < 1.29 is 9.59 Å². The Labute approximate surface area is 143 Å². The molecule has 0 radical (unpaired) electrons. The quantitative estimate of drug-likeness (QED) is 0.519. The van der Waals surface area contributed by atoms with Crippen LogP contribution in [0.3, 0.4) is 0 Å². The predicted molar refractivity (Wildman–Crippen MR) is 92.1 cm³/mol. The first-order chi connectivity index (χ1) is 11.6. The molecule has 0 saturated carbocycles. The van der Waals surface area contributed by atoms with Crippen LogP contribution in [0, 0.1) is 0 Å². The second-order valence-electron chi connectivity index (χ2n) is 5.76. The molecule has 1 aliphatic rings. The van der Waals surface area contributed by atoms with Gasteiger partial charge in [0, 0.05) is 10.9 Å². The number of para-hydroxylation sites is 1. The average Bonchev–Trinajstić information content (AvgIpc) is 2.85. The fraction of sp³-hybridized carbons (Fsp3) is 0.105. The molecule has 1 atom stereocenters. The topological polar surface area (TPSA) is 50.3 Å². The normalized spacial score (nSPS) is 15.0. The monoisotopic (exact) mass is 336 g/mol. The Morgan fingerprint density at radius 1 is 0.958 bits per heavy atom. The number of fused-ring (bicyclic) bond motifs is 2. The Morgan fingerprint density at radius 3 is 2.21 bits per heavy atom. The van der Waals surface area contributed by atoms with E-state index in [2.05, 4.69) is 4.98 Å². The van der Waals surface area contributed by atoms with Crippen LogP contribution in [0.25, 0.3) is 10.9 Å². The van der Waals surface area contributed by atoms with Gasteiger partial charge < -0.3 is 0 Å². The minimum absolute atomic E-state index is 0.299. The van der Waals surface area contributed by atoms with Gasteiger partial charge in [0.05, 0.1) is 22.7 Å². The molecule has 0 unspecified atom stereocenters. The van der Waals surface area contributed by atoms with Crippen LogP contribution < -0.4 is 0 Å². The molecule has 2 aromatic carbocycles. The average molecular weight is 337 g/mol. The number of rotatable bonds is 2. The number of imide groups is 1. The van der Waals surface area contributed by atoms with Gasteiger partial charge in [-0.15, -0.1) is 0 Å². The van der Waals surface area contributed by atoms with Crippen LogP contribution in [0.2, 0.25) is 5.15 Å². The van der Waals surface area contributed by atoms with Crippen LogP contribution in [-0.4, -0.2) is 21.7 Å². The zero-order chi connectivity index (χ0) is 16.8. The first-order valence-corrected chi connectivity index (χ1v) is 7.98. The number of halogens is 1. The maximum absolute atomic E-state index is 12.6. The van der Waals surface area contributed by atoms with Crippen molar-refractivity contribution in [1.29, 1.82) is 0 Å². The van der Waals surface area contributed by atoms with Gasteiger partial charge in [-0.1, -0.05) is 41.9 Å². The second kappa shape index (κ2) is 5.42. The number of benzene rings is 2. The molecule has 0 spiro atoms. The Hall–Kier alpha value is -2.72. The van der Waals surface area contributed by atoms with Crippen molar-refractivity contribution in [2.75, 3.05) is 0 Å². The lowest BCUT2D eigenvalue weighted by molar-refractivity contribution is 0.0595. The third kappa shape index (κ3) is 2.11. The van der Waals surface area contributed by atoms with E-state index in [4.69, 9.17) is 11.6 Å². The minimum Gasteiger partial charge on any atom is -0.269 e. The van der Waals surface area contributed by atoms with Gasteiger partial charge in [-0.05, 0) is 31.2 Å². The van der Waals surface area contributed by atoms with Crippen LogP contribution in [-0.2, 0) is 0 Å². The largest absolute Gasteiger partial charge is 0.269 e. The van der Waals surface area contributed by atoms with Gasteiger partial charge in [-0.2, -0.15) is 0 Å². The smallest absolute Gasteiger partial charge is 0.262 e. The highest BCUT2D eigenvalue weighted by Gasteiger charge is 2.39. The van der Waals surface area contributed by atoms with E-state index in [-0.39, 0.29) is 11.8 Å². The van der Waals surface area contributed by atoms with Gasteiger partial charge >= 0.3 is 0 Å². The number of carbonyl (C=O) groups excluding carboxylic acids is 2. The summed E-state index contributed by atoms with van der Waals surface area (Å²) in [5.41, 5.74) is 2.30. The van der Waals surface area contributed by atoms with E-state index in [0.717, 1.165) is 10.9 Å². The molecule has 118 valence electrons. The highest BCUT2D eigenvalue weighted by molar-refractivity contribution is 6.31. The van der Waals surface area contributed by atoms with Gasteiger partial charge in [-0.3, -0.25) is 14.5 Å². The van der Waals surface area contributed by atoms with E-state index in [1.54, 1.807) is 31.2 Å².